The second-order valence-corrected chi connectivity index (χ2v) is 11.9. The van der Waals surface area contributed by atoms with Gasteiger partial charge in [-0.3, -0.25) is 13.9 Å². The average Bonchev–Trinajstić information content (AvgIpc) is 2.88. The van der Waals surface area contributed by atoms with Crippen LogP contribution in [0.3, 0.4) is 0 Å². The fourth-order valence-corrected chi connectivity index (χ4v) is 5.64. The van der Waals surface area contributed by atoms with Gasteiger partial charge in [0.05, 0.1) is 11.9 Å². The summed E-state index contributed by atoms with van der Waals surface area (Å²) in [5.74, 6) is -0.478. The molecule has 0 aliphatic rings. The molecule has 3 aromatic rings. The summed E-state index contributed by atoms with van der Waals surface area (Å²) in [5.41, 5.74) is 3.23. The fourth-order valence-electron chi connectivity index (χ4n) is 4.47. The molecule has 7 nitrogen and oxygen atoms in total. The van der Waals surface area contributed by atoms with E-state index in [4.69, 9.17) is 11.6 Å². The zero-order valence-electron chi connectivity index (χ0n) is 22.6. The Morgan fingerprint density at radius 1 is 0.949 bits per heavy atom. The molecule has 0 radical (unpaired) electrons. The molecule has 3 aromatic carbocycles. The minimum absolute atomic E-state index is 0.0725. The molecular formula is C30H36ClN3O4S. The molecule has 39 heavy (non-hydrogen) atoms. The molecule has 0 unspecified atom stereocenters. The van der Waals surface area contributed by atoms with Gasteiger partial charge in [-0.25, -0.2) is 8.42 Å². The van der Waals surface area contributed by atoms with Gasteiger partial charge in [-0.2, -0.15) is 0 Å². The van der Waals surface area contributed by atoms with Gasteiger partial charge in [0.2, 0.25) is 21.8 Å². The first-order valence-electron chi connectivity index (χ1n) is 13.0. The molecule has 0 aromatic heterocycles. The number of hydrogen-bond acceptors (Lipinski definition) is 4. The van der Waals surface area contributed by atoms with Crippen molar-refractivity contribution in [3.05, 3.63) is 101 Å². The number of likely N-dealkylation sites (N-methyl/N-ethyl adjacent to an activating group) is 1. The molecule has 3 rings (SSSR count). The normalized spacial score (nSPS) is 12.0. The van der Waals surface area contributed by atoms with Crippen LogP contribution in [0.25, 0.3) is 0 Å². The van der Waals surface area contributed by atoms with E-state index in [2.05, 4.69) is 5.32 Å². The number of halogens is 1. The lowest BCUT2D eigenvalue weighted by Gasteiger charge is -2.32. The van der Waals surface area contributed by atoms with Gasteiger partial charge >= 0.3 is 0 Å². The van der Waals surface area contributed by atoms with Crippen molar-refractivity contribution in [3.8, 4) is 0 Å². The van der Waals surface area contributed by atoms with Gasteiger partial charge < -0.3 is 10.2 Å². The van der Waals surface area contributed by atoms with Crippen molar-refractivity contribution >= 4 is 39.1 Å². The van der Waals surface area contributed by atoms with Crippen LogP contribution in [0.2, 0.25) is 5.02 Å². The largest absolute Gasteiger partial charge is 0.355 e. The molecule has 0 saturated carbocycles. The number of sulfonamides is 1. The van der Waals surface area contributed by atoms with E-state index in [-0.39, 0.29) is 31.3 Å². The molecular weight excluding hydrogens is 534 g/mol. The highest BCUT2D eigenvalue weighted by Gasteiger charge is 2.30. The van der Waals surface area contributed by atoms with Crippen LogP contribution < -0.4 is 9.62 Å². The predicted molar refractivity (Wildman–Crippen MR) is 157 cm³/mol. The summed E-state index contributed by atoms with van der Waals surface area (Å²) in [6.07, 6.45) is 1.87. The van der Waals surface area contributed by atoms with Crippen molar-refractivity contribution in [2.24, 2.45) is 0 Å². The molecule has 208 valence electrons. The molecule has 9 heteroatoms. The average molecular weight is 570 g/mol. The van der Waals surface area contributed by atoms with E-state index in [0.717, 1.165) is 22.9 Å². The molecule has 0 aliphatic carbocycles. The van der Waals surface area contributed by atoms with Crippen molar-refractivity contribution in [1.82, 2.24) is 10.2 Å². The molecule has 1 N–H and O–H groups in total. The first-order chi connectivity index (χ1) is 18.6. The monoisotopic (exact) mass is 569 g/mol. The summed E-state index contributed by atoms with van der Waals surface area (Å²) in [5, 5.41) is 3.41. The van der Waals surface area contributed by atoms with Gasteiger partial charge in [0.15, 0.2) is 0 Å². The lowest BCUT2D eigenvalue weighted by atomic mass is 10.0. The molecule has 0 bridgehead atoms. The number of amides is 2. The standard InChI is InChI=1S/C30H36ClN3O4S/c1-4-32-30(36)28(21-24-12-6-5-7-13-24)33(22-25-14-9-15-26(31)20-25)29(35)17-10-18-34(39(3,37)38)27-16-8-11-23(2)19-27/h5-9,11-16,19-20,28H,4,10,17-18,21-22H2,1-3H3,(H,32,36)/t28-/m1/s1. The molecule has 0 heterocycles. The Kier molecular flexibility index (Phi) is 10.9. The second-order valence-electron chi connectivity index (χ2n) is 9.53. The molecule has 0 aliphatic heterocycles. The smallest absolute Gasteiger partial charge is 0.243 e. The number of aryl methyl sites for hydroxylation is 1. The third kappa shape index (κ3) is 9.11. The van der Waals surface area contributed by atoms with Gasteiger partial charge in [0.1, 0.15) is 6.04 Å². The first kappa shape index (κ1) is 30.2. The number of rotatable bonds is 13. The van der Waals surface area contributed by atoms with Crippen molar-refractivity contribution < 1.29 is 18.0 Å². The molecule has 2 amide bonds. The number of hydrogen-bond donors (Lipinski definition) is 1. The van der Waals surface area contributed by atoms with Crippen LogP contribution in [0.15, 0.2) is 78.9 Å². The molecule has 0 spiro atoms. The number of benzene rings is 3. The van der Waals surface area contributed by atoms with E-state index in [0.29, 0.717) is 30.1 Å². The quantitative estimate of drug-likeness (QED) is 0.315. The summed E-state index contributed by atoms with van der Waals surface area (Å²) < 4.78 is 26.4. The number of nitrogens with one attached hydrogen (secondary N) is 1. The van der Waals surface area contributed by atoms with E-state index in [9.17, 15) is 18.0 Å². The van der Waals surface area contributed by atoms with E-state index in [1.165, 1.54) is 4.31 Å². The number of carbonyl (C=O) groups is 2. The minimum atomic E-state index is -3.55. The number of carbonyl (C=O) groups excluding carboxylic acids is 2. The van der Waals surface area contributed by atoms with Crippen molar-refractivity contribution in [3.63, 3.8) is 0 Å². The summed E-state index contributed by atoms with van der Waals surface area (Å²) in [6, 6.07) is 23.3. The van der Waals surface area contributed by atoms with Crippen LogP contribution in [-0.2, 0) is 32.6 Å². The Morgan fingerprint density at radius 3 is 2.28 bits per heavy atom. The van der Waals surface area contributed by atoms with E-state index in [1.54, 1.807) is 35.2 Å². The van der Waals surface area contributed by atoms with Gasteiger partial charge in [-0.15, -0.1) is 0 Å². The second kappa shape index (κ2) is 14.1. The molecule has 0 fully saturated rings. The van der Waals surface area contributed by atoms with Crippen molar-refractivity contribution in [1.29, 1.82) is 0 Å². The summed E-state index contributed by atoms with van der Waals surface area (Å²) in [6.45, 7) is 4.51. The maximum absolute atomic E-state index is 13.7. The highest BCUT2D eigenvalue weighted by Crippen LogP contribution is 2.22. The Balaban J connectivity index is 1.86. The van der Waals surface area contributed by atoms with E-state index < -0.39 is 16.1 Å². The van der Waals surface area contributed by atoms with Crippen LogP contribution in [-0.4, -0.2) is 50.5 Å². The number of nitrogens with zero attached hydrogens (tertiary/aromatic N) is 2. The van der Waals surface area contributed by atoms with E-state index in [1.807, 2.05) is 62.4 Å². The van der Waals surface area contributed by atoms with Crippen LogP contribution in [0, 0.1) is 6.92 Å². The minimum Gasteiger partial charge on any atom is -0.355 e. The summed E-state index contributed by atoms with van der Waals surface area (Å²) in [4.78, 5) is 28.6. The summed E-state index contributed by atoms with van der Waals surface area (Å²) >= 11 is 6.21. The Hall–Kier alpha value is -3.36. The Labute approximate surface area is 236 Å². The molecule has 0 saturated heterocycles. The highest BCUT2D eigenvalue weighted by atomic mass is 35.5. The van der Waals surface area contributed by atoms with Crippen LogP contribution in [0.5, 0.6) is 0 Å². The highest BCUT2D eigenvalue weighted by molar-refractivity contribution is 7.92. The lowest BCUT2D eigenvalue weighted by molar-refractivity contribution is -0.141. The third-order valence-corrected chi connectivity index (χ3v) is 7.74. The van der Waals surface area contributed by atoms with Gasteiger partial charge in [-0.05, 0) is 61.2 Å². The maximum Gasteiger partial charge on any atom is 0.243 e. The van der Waals surface area contributed by atoms with Crippen molar-refractivity contribution in [2.45, 2.75) is 45.7 Å². The zero-order chi connectivity index (χ0) is 28.4. The van der Waals surface area contributed by atoms with Gasteiger partial charge in [0, 0.05) is 37.5 Å². The van der Waals surface area contributed by atoms with Gasteiger partial charge in [-0.1, -0.05) is 66.2 Å². The lowest BCUT2D eigenvalue weighted by Crippen LogP contribution is -2.50. The summed E-state index contributed by atoms with van der Waals surface area (Å²) in [7, 11) is -3.55. The van der Waals surface area contributed by atoms with E-state index >= 15 is 0 Å². The van der Waals surface area contributed by atoms with Crippen LogP contribution >= 0.6 is 11.6 Å². The topological polar surface area (TPSA) is 86.8 Å². The van der Waals surface area contributed by atoms with Gasteiger partial charge in [0.25, 0.3) is 0 Å². The molecule has 1 atom stereocenters. The maximum atomic E-state index is 13.7. The fraction of sp³-hybridized carbons (Fsp3) is 0.333. The first-order valence-corrected chi connectivity index (χ1v) is 15.2. The van der Waals surface area contributed by atoms with Crippen LogP contribution in [0.4, 0.5) is 5.69 Å². The predicted octanol–water partition coefficient (Wildman–Crippen LogP) is 4.97. The Morgan fingerprint density at radius 2 is 1.64 bits per heavy atom. The zero-order valence-corrected chi connectivity index (χ0v) is 24.2. The SMILES string of the molecule is CCNC(=O)[C@@H](Cc1ccccc1)N(Cc1cccc(Cl)c1)C(=O)CCCN(c1cccc(C)c1)S(C)(=O)=O. The third-order valence-electron chi connectivity index (χ3n) is 6.31. The van der Waals surface area contributed by atoms with Crippen molar-refractivity contribution in [2.75, 3.05) is 23.7 Å². The number of anilines is 1. The Bertz CT molecular complexity index is 1370. The van der Waals surface area contributed by atoms with Crippen LogP contribution in [0.1, 0.15) is 36.5 Å².